The van der Waals surface area contributed by atoms with Gasteiger partial charge in [-0.15, -0.1) is 0 Å². The monoisotopic (exact) mass is 182 g/mol. The molecule has 0 radical (unpaired) electrons. The van der Waals surface area contributed by atoms with Gasteiger partial charge in [0.05, 0.1) is 19.3 Å². The van der Waals surface area contributed by atoms with E-state index in [4.69, 9.17) is 26.8 Å². The SMILES string of the molecule is [N-]=[N+]=NCC(O)CO.[N-]=[N+]=[N-].[Na+]. The molecule has 0 aromatic rings. The Labute approximate surface area is 90.5 Å². The molecule has 0 aromatic carbocycles. The second-order valence-electron chi connectivity index (χ2n) is 1.34. The maximum Gasteiger partial charge on any atom is 1.00 e. The Morgan fingerprint density at radius 2 is 1.75 bits per heavy atom. The summed E-state index contributed by atoms with van der Waals surface area (Å²) in [5.74, 6) is 0. The molecule has 1 atom stereocenters. The molecule has 0 rings (SSSR count). The Kier molecular flexibility index (Phi) is 24.7. The van der Waals surface area contributed by atoms with Gasteiger partial charge in [0.25, 0.3) is 0 Å². The molecule has 62 valence electrons. The van der Waals surface area contributed by atoms with Crippen molar-refractivity contribution < 1.29 is 39.8 Å². The van der Waals surface area contributed by atoms with Crippen molar-refractivity contribution in [2.24, 2.45) is 5.11 Å². The quantitative estimate of drug-likeness (QED) is 0.215. The van der Waals surface area contributed by atoms with E-state index in [-0.39, 0.29) is 42.7 Å². The molecule has 0 saturated carbocycles. The van der Waals surface area contributed by atoms with Crippen molar-refractivity contribution in [3.63, 3.8) is 0 Å². The van der Waals surface area contributed by atoms with E-state index in [9.17, 15) is 0 Å². The molecule has 9 heteroatoms. The van der Waals surface area contributed by atoms with Crippen LogP contribution in [0.1, 0.15) is 0 Å². The smallest absolute Gasteiger partial charge is 0.394 e. The summed E-state index contributed by atoms with van der Waals surface area (Å²) >= 11 is 0. The van der Waals surface area contributed by atoms with Crippen LogP contribution in [0.25, 0.3) is 26.4 Å². The molecule has 0 saturated heterocycles. The zero-order valence-electron chi connectivity index (χ0n) is 6.57. The summed E-state index contributed by atoms with van der Waals surface area (Å²) in [6.45, 7) is -0.425. The van der Waals surface area contributed by atoms with Gasteiger partial charge < -0.3 is 21.3 Å². The average molecular weight is 182 g/mol. The van der Waals surface area contributed by atoms with Crippen LogP contribution >= 0.6 is 0 Å². The second-order valence-corrected chi connectivity index (χ2v) is 1.34. The standard InChI is InChI=1S/C3H7N3O2.N3.Na/c4-6-5-1-3(8)2-7;1-3-2;/h3,7-8H,1-2H2;;/q;-1;+1. The number of nitrogens with zero attached hydrogens (tertiary/aromatic N) is 6. The molecular formula is C3H7N6NaO2. The first kappa shape index (κ1) is 17.6. The first-order chi connectivity index (χ1) is 5.22. The zero-order chi connectivity index (χ0) is 9.11. The van der Waals surface area contributed by atoms with Gasteiger partial charge in [-0.3, -0.25) is 4.91 Å². The first-order valence-electron chi connectivity index (χ1n) is 2.51. The van der Waals surface area contributed by atoms with Crippen molar-refractivity contribution >= 4 is 0 Å². The van der Waals surface area contributed by atoms with Crippen LogP contribution in [0.3, 0.4) is 0 Å². The van der Waals surface area contributed by atoms with E-state index in [1.165, 1.54) is 4.91 Å². The predicted molar refractivity (Wildman–Crippen MR) is 37.2 cm³/mol. The minimum Gasteiger partial charge on any atom is -0.394 e. The van der Waals surface area contributed by atoms with Crippen LogP contribution in [-0.2, 0) is 0 Å². The minimum absolute atomic E-state index is 0. The van der Waals surface area contributed by atoms with Gasteiger partial charge in [0.2, 0.25) is 0 Å². The topological polar surface area (TPSA) is 148 Å². The minimum atomic E-state index is -0.911. The molecule has 0 fully saturated rings. The van der Waals surface area contributed by atoms with E-state index in [1.807, 2.05) is 0 Å². The summed E-state index contributed by atoms with van der Waals surface area (Å²) in [7, 11) is 0. The van der Waals surface area contributed by atoms with Crippen molar-refractivity contribution in [2.75, 3.05) is 13.2 Å². The Bertz CT molecular complexity index is 162. The van der Waals surface area contributed by atoms with Crippen LogP contribution in [-0.4, -0.2) is 29.5 Å². The number of hydrogen-bond donors (Lipinski definition) is 2. The molecule has 12 heavy (non-hydrogen) atoms. The molecule has 0 aliphatic rings. The molecule has 0 aliphatic carbocycles. The molecule has 0 aliphatic heterocycles. The van der Waals surface area contributed by atoms with E-state index < -0.39 is 6.10 Å². The average Bonchev–Trinajstić information content (AvgIpc) is 2.02. The number of rotatable bonds is 3. The van der Waals surface area contributed by atoms with Crippen molar-refractivity contribution in [2.45, 2.75) is 6.10 Å². The van der Waals surface area contributed by atoms with Crippen molar-refractivity contribution in [1.82, 2.24) is 0 Å². The third kappa shape index (κ3) is 22.7. The second kappa shape index (κ2) is 16.9. The van der Waals surface area contributed by atoms with Crippen LogP contribution in [0, 0.1) is 0 Å². The molecule has 0 heterocycles. The van der Waals surface area contributed by atoms with Crippen LogP contribution in [0.4, 0.5) is 0 Å². The summed E-state index contributed by atoms with van der Waals surface area (Å²) in [6.07, 6.45) is -0.911. The number of hydrogen-bond acceptors (Lipinski definition) is 3. The maximum atomic E-state index is 8.47. The largest absolute Gasteiger partial charge is 1.00 e. The van der Waals surface area contributed by atoms with Gasteiger partial charge in [-0.1, -0.05) is 5.11 Å². The predicted octanol–water partition coefficient (Wildman–Crippen LogP) is -2.48. The Balaban J connectivity index is -0.000000177. The molecular weight excluding hydrogens is 175 g/mol. The fraction of sp³-hybridized carbons (Fsp3) is 1.00. The van der Waals surface area contributed by atoms with E-state index in [0.29, 0.717) is 0 Å². The van der Waals surface area contributed by atoms with E-state index >= 15 is 0 Å². The molecule has 1 unspecified atom stereocenters. The fourth-order valence-electron chi connectivity index (χ4n) is 0.188. The maximum absolute atomic E-state index is 8.47. The normalized spacial score (nSPS) is 8.83. The molecule has 8 nitrogen and oxygen atoms in total. The van der Waals surface area contributed by atoms with Crippen LogP contribution in [0.5, 0.6) is 0 Å². The molecule has 0 aromatic heterocycles. The Morgan fingerprint density at radius 3 is 2.00 bits per heavy atom. The number of aliphatic hydroxyl groups excluding tert-OH is 2. The first-order valence-corrected chi connectivity index (χ1v) is 2.51. The van der Waals surface area contributed by atoms with Gasteiger partial charge in [-0.25, -0.2) is 0 Å². The van der Waals surface area contributed by atoms with Gasteiger partial charge in [-0.05, 0) is 5.53 Å². The van der Waals surface area contributed by atoms with Gasteiger partial charge >= 0.3 is 29.6 Å². The van der Waals surface area contributed by atoms with Gasteiger partial charge in [-0.2, -0.15) is 0 Å². The molecule has 2 N–H and O–H groups in total. The van der Waals surface area contributed by atoms with Crippen LogP contribution in [0.15, 0.2) is 5.11 Å². The summed E-state index contributed by atoms with van der Waals surface area (Å²) in [5, 5.41) is 19.6. The molecule has 0 bridgehead atoms. The third-order valence-corrected chi connectivity index (χ3v) is 0.566. The molecule has 0 amide bonds. The van der Waals surface area contributed by atoms with E-state index in [0.717, 1.165) is 0 Å². The van der Waals surface area contributed by atoms with Gasteiger partial charge in [0.15, 0.2) is 0 Å². The Hall–Kier alpha value is -0.460. The van der Waals surface area contributed by atoms with Crippen molar-refractivity contribution in [3.8, 4) is 0 Å². The van der Waals surface area contributed by atoms with E-state index in [1.54, 1.807) is 0 Å². The van der Waals surface area contributed by atoms with Crippen molar-refractivity contribution in [1.29, 1.82) is 0 Å². The Morgan fingerprint density at radius 1 is 1.33 bits per heavy atom. The van der Waals surface area contributed by atoms with Crippen molar-refractivity contribution in [3.05, 3.63) is 26.4 Å². The fourth-order valence-corrected chi connectivity index (χ4v) is 0.188. The van der Waals surface area contributed by atoms with E-state index in [2.05, 4.69) is 10.0 Å². The van der Waals surface area contributed by atoms with Gasteiger partial charge in [0.1, 0.15) is 0 Å². The summed E-state index contributed by atoms with van der Waals surface area (Å²) < 4.78 is 0. The summed E-state index contributed by atoms with van der Waals surface area (Å²) in [6, 6.07) is 0. The summed E-state index contributed by atoms with van der Waals surface area (Å²) in [5.41, 5.74) is 21.2. The third-order valence-electron chi connectivity index (χ3n) is 0.566. The zero-order valence-corrected chi connectivity index (χ0v) is 8.57. The van der Waals surface area contributed by atoms with Crippen LogP contribution < -0.4 is 29.6 Å². The summed E-state index contributed by atoms with van der Waals surface area (Å²) in [4.78, 5) is 3.88. The molecule has 0 spiro atoms. The van der Waals surface area contributed by atoms with Gasteiger partial charge in [0, 0.05) is 4.91 Å². The number of azide groups is 1. The number of aliphatic hydroxyl groups is 2. The van der Waals surface area contributed by atoms with Crippen LogP contribution in [0.2, 0.25) is 0 Å².